The Balaban J connectivity index is 2.67. The summed E-state index contributed by atoms with van der Waals surface area (Å²) in [6, 6.07) is 8.27. The van der Waals surface area contributed by atoms with Crippen LogP contribution < -0.4 is 5.73 Å². The van der Waals surface area contributed by atoms with Crippen LogP contribution in [-0.2, 0) is 6.42 Å². The maximum absolute atomic E-state index is 8.80. The summed E-state index contributed by atoms with van der Waals surface area (Å²) in [5, 5.41) is 8.80. The van der Waals surface area contributed by atoms with E-state index in [1.807, 2.05) is 12.1 Å². The van der Waals surface area contributed by atoms with E-state index in [-0.39, 0.29) is 6.61 Å². The number of aliphatic hydroxyl groups excluding tert-OH is 1. The minimum atomic E-state index is 0.251. The molecule has 0 radical (unpaired) electrons. The average Bonchev–Trinajstić information content (AvgIpc) is 2.28. The first-order valence-electron chi connectivity index (χ1n) is 5.44. The lowest BCUT2D eigenvalue weighted by Gasteiger charge is -2.04. The maximum Gasteiger partial charge on any atom is 0.0434 e. The Hall–Kier alpha value is -1.12. The van der Waals surface area contributed by atoms with Crippen LogP contribution in [0.15, 0.2) is 30.3 Å². The van der Waals surface area contributed by atoms with Crippen molar-refractivity contribution in [3.63, 3.8) is 0 Å². The highest BCUT2D eigenvalue weighted by molar-refractivity contribution is 5.53. The molecule has 0 atom stereocenters. The van der Waals surface area contributed by atoms with Crippen LogP contribution in [-0.4, -0.2) is 18.3 Å². The summed E-state index contributed by atoms with van der Waals surface area (Å²) in [4.78, 5) is 0. The highest BCUT2D eigenvalue weighted by atomic mass is 16.2. The third-order valence-electron chi connectivity index (χ3n) is 2.29. The molecule has 82 valence electrons. The van der Waals surface area contributed by atoms with Gasteiger partial charge in [-0.3, -0.25) is 0 Å². The van der Waals surface area contributed by atoms with Crippen LogP contribution in [0.2, 0.25) is 0 Å². The predicted octanol–water partition coefficient (Wildman–Crippen LogP) is 1.97. The molecule has 0 heterocycles. The molecule has 0 unspecified atom stereocenters. The minimum Gasteiger partial charge on any atom is -0.396 e. The number of hydrogen-bond acceptors (Lipinski definition) is 2. The molecule has 0 aliphatic heterocycles. The second-order valence-corrected chi connectivity index (χ2v) is 3.51. The second-order valence-electron chi connectivity index (χ2n) is 3.51. The van der Waals surface area contributed by atoms with E-state index < -0.39 is 0 Å². The fraction of sp³-hybridized carbons (Fsp3) is 0.385. The molecule has 3 N–H and O–H groups in total. The van der Waals surface area contributed by atoms with Gasteiger partial charge in [-0.2, -0.15) is 0 Å². The molecule has 0 aromatic heterocycles. The first-order chi connectivity index (χ1) is 7.38. The summed E-state index contributed by atoms with van der Waals surface area (Å²) in [6.45, 7) is 0.941. The smallest absolute Gasteiger partial charge is 0.0434 e. The lowest BCUT2D eigenvalue weighted by atomic mass is 10.0. The van der Waals surface area contributed by atoms with Gasteiger partial charge in [0, 0.05) is 6.61 Å². The van der Waals surface area contributed by atoms with Gasteiger partial charge in [-0.05, 0) is 36.9 Å². The van der Waals surface area contributed by atoms with E-state index >= 15 is 0 Å². The first kappa shape index (κ1) is 12.0. The van der Waals surface area contributed by atoms with Crippen molar-refractivity contribution >= 4 is 6.08 Å². The fourth-order valence-corrected chi connectivity index (χ4v) is 1.50. The van der Waals surface area contributed by atoms with Gasteiger partial charge in [-0.25, -0.2) is 0 Å². The molecule has 1 aromatic rings. The zero-order chi connectivity index (χ0) is 10.9. The van der Waals surface area contributed by atoms with Gasteiger partial charge in [-0.1, -0.05) is 36.4 Å². The van der Waals surface area contributed by atoms with E-state index in [4.69, 9.17) is 10.8 Å². The Bertz CT molecular complexity index is 307. The van der Waals surface area contributed by atoms with Crippen molar-refractivity contribution in [1.82, 2.24) is 0 Å². The van der Waals surface area contributed by atoms with Gasteiger partial charge in [0.05, 0.1) is 0 Å². The van der Waals surface area contributed by atoms with E-state index in [1.165, 1.54) is 11.1 Å². The van der Waals surface area contributed by atoms with Gasteiger partial charge in [-0.15, -0.1) is 0 Å². The number of benzene rings is 1. The van der Waals surface area contributed by atoms with E-state index in [1.54, 1.807) is 0 Å². The average molecular weight is 205 g/mol. The fourth-order valence-electron chi connectivity index (χ4n) is 1.50. The number of aryl methyl sites for hydroxylation is 1. The van der Waals surface area contributed by atoms with E-state index in [0.717, 1.165) is 19.3 Å². The number of aliphatic hydroxyl groups is 1. The third-order valence-corrected chi connectivity index (χ3v) is 2.29. The van der Waals surface area contributed by atoms with Crippen molar-refractivity contribution in [2.45, 2.75) is 19.3 Å². The molecule has 0 bridgehead atoms. The maximum atomic E-state index is 8.80. The molecule has 2 nitrogen and oxygen atoms in total. The lowest BCUT2D eigenvalue weighted by molar-refractivity contribution is 0.288. The Morgan fingerprint density at radius 3 is 2.80 bits per heavy atom. The van der Waals surface area contributed by atoms with Crippen molar-refractivity contribution in [3.8, 4) is 0 Å². The zero-order valence-electron chi connectivity index (χ0n) is 9.02. The largest absolute Gasteiger partial charge is 0.396 e. The van der Waals surface area contributed by atoms with Gasteiger partial charge in [0.2, 0.25) is 0 Å². The lowest BCUT2D eigenvalue weighted by Crippen LogP contribution is -1.95. The van der Waals surface area contributed by atoms with Gasteiger partial charge in [0.1, 0.15) is 0 Å². The monoisotopic (exact) mass is 205 g/mol. The van der Waals surface area contributed by atoms with Gasteiger partial charge < -0.3 is 10.8 Å². The van der Waals surface area contributed by atoms with Crippen LogP contribution in [0.5, 0.6) is 0 Å². The highest BCUT2D eigenvalue weighted by Crippen LogP contribution is 2.12. The molecular formula is C13H19NO. The van der Waals surface area contributed by atoms with Crippen molar-refractivity contribution in [1.29, 1.82) is 0 Å². The second kappa shape index (κ2) is 7.21. The summed E-state index contributed by atoms with van der Waals surface area (Å²) < 4.78 is 0. The predicted molar refractivity (Wildman–Crippen MR) is 64.6 cm³/mol. The van der Waals surface area contributed by atoms with Gasteiger partial charge in [0.25, 0.3) is 0 Å². The summed E-state index contributed by atoms with van der Waals surface area (Å²) in [6.07, 6.45) is 6.87. The molecule has 0 saturated carbocycles. The zero-order valence-corrected chi connectivity index (χ0v) is 9.02. The quantitative estimate of drug-likeness (QED) is 0.746. The van der Waals surface area contributed by atoms with E-state index in [9.17, 15) is 0 Å². The molecule has 0 fully saturated rings. The van der Waals surface area contributed by atoms with Gasteiger partial charge in [0.15, 0.2) is 0 Å². The molecule has 1 aromatic carbocycles. The van der Waals surface area contributed by atoms with E-state index in [0.29, 0.717) is 6.54 Å². The first-order valence-corrected chi connectivity index (χ1v) is 5.44. The SMILES string of the molecule is NCCC=Cc1ccccc1CCCO. The van der Waals surface area contributed by atoms with Crippen LogP contribution in [0.3, 0.4) is 0 Å². The summed E-state index contributed by atoms with van der Waals surface area (Å²) in [7, 11) is 0. The molecule has 0 amide bonds. The molecule has 15 heavy (non-hydrogen) atoms. The third kappa shape index (κ3) is 4.28. The van der Waals surface area contributed by atoms with Gasteiger partial charge >= 0.3 is 0 Å². The Labute approximate surface area is 91.4 Å². The normalized spacial score (nSPS) is 11.1. The summed E-state index contributed by atoms with van der Waals surface area (Å²) in [5.41, 5.74) is 7.95. The molecule has 0 aliphatic rings. The molecule has 1 rings (SSSR count). The number of rotatable bonds is 6. The number of nitrogens with two attached hydrogens (primary N) is 1. The van der Waals surface area contributed by atoms with Crippen LogP contribution in [0, 0.1) is 0 Å². The van der Waals surface area contributed by atoms with Crippen LogP contribution >= 0.6 is 0 Å². The van der Waals surface area contributed by atoms with Crippen molar-refractivity contribution in [2.24, 2.45) is 5.73 Å². The highest BCUT2D eigenvalue weighted by Gasteiger charge is 1.97. The standard InChI is InChI=1S/C13H19NO/c14-10-4-3-8-12-6-1-2-7-13(12)9-5-11-15/h1-3,6-8,15H,4-5,9-11,14H2. The topological polar surface area (TPSA) is 46.2 Å². The van der Waals surface area contributed by atoms with Crippen LogP contribution in [0.4, 0.5) is 0 Å². The molecule has 0 aliphatic carbocycles. The molecule has 0 spiro atoms. The van der Waals surface area contributed by atoms with Crippen molar-refractivity contribution in [2.75, 3.05) is 13.2 Å². The Morgan fingerprint density at radius 2 is 2.07 bits per heavy atom. The molecule has 2 heteroatoms. The number of hydrogen-bond donors (Lipinski definition) is 2. The van der Waals surface area contributed by atoms with Crippen molar-refractivity contribution in [3.05, 3.63) is 41.5 Å². The molecular weight excluding hydrogens is 186 g/mol. The summed E-state index contributed by atoms with van der Waals surface area (Å²) in [5.74, 6) is 0. The van der Waals surface area contributed by atoms with E-state index in [2.05, 4.69) is 24.3 Å². The van der Waals surface area contributed by atoms with Crippen molar-refractivity contribution < 1.29 is 5.11 Å². The Kier molecular flexibility index (Phi) is 5.74. The Morgan fingerprint density at radius 1 is 1.27 bits per heavy atom. The van der Waals surface area contributed by atoms with Crippen LogP contribution in [0.1, 0.15) is 24.0 Å². The minimum absolute atomic E-state index is 0.251. The summed E-state index contributed by atoms with van der Waals surface area (Å²) >= 11 is 0. The van der Waals surface area contributed by atoms with Crippen LogP contribution in [0.25, 0.3) is 6.08 Å². The molecule has 0 saturated heterocycles.